The molecule has 6 heteroatoms. The van der Waals surface area contributed by atoms with E-state index in [1.165, 1.54) is 7.11 Å². The Morgan fingerprint density at radius 2 is 2.08 bits per heavy atom. The third-order valence-corrected chi connectivity index (χ3v) is 4.52. The minimum Gasteiger partial charge on any atom is -0.497 e. The monoisotopic (exact) mass is 335 g/mol. The van der Waals surface area contributed by atoms with E-state index in [1.807, 2.05) is 36.0 Å². The molecule has 1 aromatic carbocycles. The first-order valence-corrected chi connectivity index (χ1v) is 7.90. The van der Waals surface area contributed by atoms with E-state index >= 15 is 0 Å². The highest BCUT2D eigenvalue weighted by Gasteiger charge is 2.25. The Labute approximate surface area is 144 Å². The predicted molar refractivity (Wildman–Crippen MR) is 94.4 cm³/mol. The molecule has 0 spiro atoms. The number of hydrogen-bond acceptors (Lipinski definition) is 5. The number of esters is 1. The van der Waals surface area contributed by atoms with Gasteiger partial charge in [0.2, 0.25) is 0 Å². The molecule has 2 heterocycles. The highest BCUT2D eigenvalue weighted by Crippen LogP contribution is 2.36. The number of aromatic nitrogens is 3. The molecule has 0 amide bonds. The molecule has 0 fully saturated rings. The fraction of sp³-hybridized carbons (Fsp3) is 0.211. The Bertz CT molecular complexity index is 1030. The second-order valence-electron chi connectivity index (χ2n) is 5.92. The van der Waals surface area contributed by atoms with Crippen molar-refractivity contribution in [2.75, 3.05) is 14.2 Å². The number of carbonyl (C=O) groups is 1. The summed E-state index contributed by atoms with van der Waals surface area (Å²) in [7, 11) is 4.95. The van der Waals surface area contributed by atoms with Crippen LogP contribution in [0.2, 0.25) is 0 Å². The van der Waals surface area contributed by atoms with Gasteiger partial charge in [0.1, 0.15) is 5.75 Å². The molecule has 1 aliphatic carbocycles. The van der Waals surface area contributed by atoms with Crippen LogP contribution < -0.4 is 4.74 Å². The summed E-state index contributed by atoms with van der Waals surface area (Å²) >= 11 is 0. The lowest BCUT2D eigenvalue weighted by Crippen LogP contribution is -2.07. The van der Waals surface area contributed by atoms with E-state index in [9.17, 15) is 4.79 Å². The zero-order chi connectivity index (χ0) is 17.6. The van der Waals surface area contributed by atoms with Crippen LogP contribution in [0.15, 0.2) is 30.5 Å². The van der Waals surface area contributed by atoms with E-state index in [1.54, 1.807) is 19.4 Å². The number of rotatable bonds is 3. The van der Waals surface area contributed by atoms with Crippen molar-refractivity contribution in [3.05, 3.63) is 53.0 Å². The molecule has 0 saturated heterocycles. The van der Waals surface area contributed by atoms with Crippen molar-refractivity contribution in [1.29, 1.82) is 0 Å². The fourth-order valence-corrected chi connectivity index (χ4v) is 3.37. The number of nitrogens with zero attached hydrogens (tertiary/aromatic N) is 3. The van der Waals surface area contributed by atoms with Gasteiger partial charge in [0.05, 0.1) is 36.7 Å². The van der Waals surface area contributed by atoms with E-state index in [0.717, 1.165) is 39.2 Å². The Hall–Kier alpha value is -3.15. The van der Waals surface area contributed by atoms with Gasteiger partial charge in [-0.3, -0.25) is 9.67 Å². The van der Waals surface area contributed by atoms with E-state index in [4.69, 9.17) is 9.47 Å². The van der Waals surface area contributed by atoms with Crippen molar-refractivity contribution < 1.29 is 14.3 Å². The summed E-state index contributed by atoms with van der Waals surface area (Å²) in [6, 6.07) is 7.55. The summed E-state index contributed by atoms with van der Waals surface area (Å²) in [5.41, 5.74) is 5.23. The molecular formula is C19H17N3O3. The van der Waals surface area contributed by atoms with Gasteiger partial charge in [-0.15, -0.1) is 0 Å². The van der Waals surface area contributed by atoms with E-state index < -0.39 is 0 Å². The van der Waals surface area contributed by atoms with E-state index in [-0.39, 0.29) is 5.97 Å². The molecule has 0 atom stereocenters. The van der Waals surface area contributed by atoms with Gasteiger partial charge in [-0.05, 0) is 35.4 Å². The SMILES string of the molecule is COC(=O)c1ccnc2c1CC(c1c3ccc(OC)cc3nn1C)=C2. The number of fused-ring (bicyclic) bond motifs is 2. The maximum Gasteiger partial charge on any atom is 0.338 e. The third-order valence-electron chi connectivity index (χ3n) is 4.52. The smallest absolute Gasteiger partial charge is 0.338 e. The molecule has 0 saturated carbocycles. The van der Waals surface area contributed by atoms with Gasteiger partial charge >= 0.3 is 5.97 Å². The predicted octanol–water partition coefficient (Wildman–Crippen LogP) is 2.86. The Balaban J connectivity index is 1.81. The van der Waals surface area contributed by atoms with Crippen LogP contribution in [0, 0.1) is 0 Å². The van der Waals surface area contributed by atoms with Gasteiger partial charge in [0.15, 0.2) is 0 Å². The highest BCUT2D eigenvalue weighted by molar-refractivity contribution is 6.01. The average Bonchev–Trinajstić information content (AvgIpc) is 3.19. The summed E-state index contributed by atoms with van der Waals surface area (Å²) < 4.78 is 12.0. The van der Waals surface area contributed by atoms with Crippen molar-refractivity contribution in [3.8, 4) is 5.75 Å². The quantitative estimate of drug-likeness (QED) is 0.689. The van der Waals surface area contributed by atoms with Gasteiger partial charge < -0.3 is 9.47 Å². The Kier molecular flexibility index (Phi) is 3.53. The molecule has 2 aromatic heterocycles. The minimum absolute atomic E-state index is 0.340. The molecule has 25 heavy (non-hydrogen) atoms. The van der Waals surface area contributed by atoms with Crippen LogP contribution in [0.5, 0.6) is 5.75 Å². The summed E-state index contributed by atoms with van der Waals surface area (Å²) in [5, 5.41) is 5.63. The van der Waals surface area contributed by atoms with Crippen molar-refractivity contribution in [3.63, 3.8) is 0 Å². The number of allylic oxidation sites excluding steroid dienone is 1. The number of carbonyl (C=O) groups excluding carboxylic acids is 1. The minimum atomic E-state index is -0.340. The number of methoxy groups -OCH3 is 2. The lowest BCUT2D eigenvalue weighted by atomic mass is 10.0. The first kappa shape index (κ1) is 15.4. The molecule has 6 nitrogen and oxygen atoms in total. The number of benzene rings is 1. The van der Waals surface area contributed by atoms with Crippen LogP contribution in [0.25, 0.3) is 22.6 Å². The third kappa shape index (κ3) is 2.38. The fourth-order valence-electron chi connectivity index (χ4n) is 3.37. The molecule has 0 aliphatic heterocycles. The maximum absolute atomic E-state index is 12.0. The Morgan fingerprint density at radius 1 is 1.24 bits per heavy atom. The van der Waals surface area contributed by atoms with Crippen LogP contribution in [-0.2, 0) is 18.2 Å². The molecule has 0 unspecified atom stereocenters. The van der Waals surface area contributed by atoms with Gasteiger partial charge in [-0.2, -0.15) is 5.10 Å². The molecule has 0 radical (unpaired) electrons. The first-order valence-electron chi connectivity index (χ1n) is 7.90. The summed E-state index contributed by atoms with van der Waals surface area (Å²) in [5.74, 6) is 0.434. The maximum atomic E-state index is 12.0. The van der Waals surface area contributed by atoms with Crippen LogP contribution >= 0.6 is 0 Å². The van der Waals surface area contributed by atoms with Crippen molar-refractivity contribution >= 4 is 28.5 Å². The van der Waals surface area contributed by atoms with Crippen molar-refractivity contribution in [2.45, 2.75) is 6.42 Å². The topological polar surface area (TPSA) is 66.2 Å². The van der Waals surface area contributed by atoms with Crippen LogP contribution in [0.4, 0.5) is 0 Å². The van der Waals surface area contributed by atoms with Crippen molar-refractivity contribution in [1.82, 2.24) is 14.8 Å². The molecule has 126 valence electrons. The van der Waals surface area contributed by atoms with E-state index in [2.05, 4.69) is 10.1 Å². The lowest BCUT2D eigenvalue weighted by Gasteiger charge is -2.07. The molecular weight excluding hydrogens is 318 g/mol. The number of hydrogen-bond donors (Lipinski definition) is 0. The molecule has 3 aromatic rings. The van der Waals surface area contributed by atoms with Gasteiger partial charge in [0.25, 0.3) is 0 Å². The molecule has 0 bridgehead atoms. The Morgan fingerprint density at radius 3 is 2.84 bits per heavy atom. The second-order valence-corrected chi connectivity index (χ2v) is 5.92. The van der Waals surface area contributed by atoms with Gasteiger partial charge in [-0.25, -0.2) is 4.79 Å². The number of ether oxygens (including phenoxy) is 2. The van der Waals surface area contributed by atoms with Crippen LogP contribution in [0.3, 0.4) is 0 Å². The largest absolute Gasteiger partial charge is 0.497 e. The summed E-state index contributed by atoms with van der Waals surface area (Å²) in [6.45, 7) is 0. The number of aryl methyl sites for hydroxylation is 1. The second kappa shape index (κ2) is 5.73. The highest BCUT2D eigenvalue weighted by atomic mass is 16.5. The summed E-state index contributed by atoms with van der Waals surface area (Å²) in [4.78, 5) is 16.4. The zero-order valence-corrected chi connectivity index (χ0v) is 14.2. The van der Waals surface area contributed by atoms with E-state index in [0.29, 0.717) is 12.0 Å². The van der Waals surface area contributed by atoms with Gasteiger partial charge in [-0.1, -0.05) is 0 Å². The normalized spacial score (nSPS) is 12.8. The van der Waals surface area contributed by atoms with Gasteiger partial charge in [0, 0.05) is 31.1 Å². The standard InChI is InChI=1S/C19H17N3O3/c1-22-18(14-5-4-12(24-2)10-17(14)21-22)11-8-15-13(19(23)25-3)6-7-20-16(15)9-11/h4-7,9-10H,8H2,1-3H3. The summed E-state index contributed by atoms with van der Waals surface area (Å²) in [6.07, 6.45) is 4.27. The van der Waals surface area contributed by atoms with Crippen LogP contribution in [0.1, 0.15) is 27.3 Å². The zero-order valence-electron chi connectivity index (χ0n) is 14.2. The number of pyridine rings is 1. The average molecular weight is 335 g/mol. The molecule has 0 N–H and O–H groups in total. The molecule has 1 aliphatic rings. The van der Waals surface area contributed by atoms with Crippen molar-refractivity contribution in [2.24, 2.45) is 7.05 Å². The first-order chi connectivity index (χ1) is 12.1. The molecule has 4 rings (SSSR count). The lowest BCUT2D eigenvalue weighted by molar-refractivity contribution is 0.0599. The van der Waals surface area contributed by atoms with Crippen LogP contribution in [-0.4, -0.2) is 35.0 Å².